The molecule has 0 radical (unpaired) electrons. The number of carbonyl (C=O) groups is 4. The highest BCUT2D eigenvalue weighted by molar-refractivity contribution is 7.90. The Balaban J connectivity index is 1.70. The van der Waals surface area contributed by atoms with Crippen LogP contribution < -0.4 is 0 Å². The van der Waals surface area contributed by atoms with E-state index in [4.69, 9.17) is 16.3 Å². The van der Waals surface area contributed by atoms with Gasteiger partial charge in [-0.05, 0) is 42.8 Å². The lowest BCUT2D eigenvalue weighted by molar-refractivity contribution is -0.152. The predicted octanol–water partition coefficient (Wildman–Crippen LogP) is 3.91. The fourth-order valence-electron chi connectivity index (χ4n) is 4.03. The molecular weight excluding hydrogens is 518 g/mol. The van der Waals surface area contributed by atoms with E-state index in [9.17, 15) is 27.6 Å². The number of nitrogens with zero attached hydrogens (tertiary/aromatic N) is 1. The van der Waals surface area contributed by atoms with Gasteiger partial charge in [-0.3, -0.25) is 19.3 Å². The summed E-state index contributed by atoms with van der Waals surface area (Å²) in [4.78, 5) is 53.8. The Morgan fingerprint density at radius 2 is 1.41 bits per heavy atom. The Kier molecular flexibility index (Phi) is 7.56. The summed E-state index contributed by atoms with van der Waals surface area (Å²) in [5, 5.41) is 0.413. The van der Waals surface area contributed by atoms with Gasteiger partial charge in [0.25, 0.3) is 11.8 Å². The topological polar surface area (TPSA) is 115 Å². The molecule has 0 aromatic heterocycles. The van der Waals surface area contributed by atoms with Gasteiger partial charge in [0.2, 0.25) is 5.78 Å². The fourth-order valence-corrected chi connectivity index (χ4v) is 4.81. The number of carbonyl (C=O) groups excluding carboxylic acids is 4. The van der Waals surface area contributed by atoms with Crippen molar-refractivity contribution in [2.24, 2.45) is 0 Å². The maximum atomic E-state index is 13.5. The van der Waals surface area contributed by atoms with E-state index in [1.54, 1.807) is 42.5 Å². The number of fused-ring (bicyclic) bond motifs is 1. The molecule has 1 aliphatic rings. The Morgan fingerprint density at radius 3 is 1.95 bits per heavy atom. The maximum Gasteiger partial charge on any atom is 0.330 e. The third-order valence-corrected chi connectivity index (χ3v) is 7.10. The van der Waals surface area contributed by atoms with Gasteiger partial charge in [-0.1, -0.05) is 54.1 Å². The zero-order valence-electron chi connectivity index (χ0n) is 19.7. The second-order valence-corrected chi connectivity index (χ2v) is 11.3. The molecule has 0 bridgehead atoms. The van der Waals surface area contributed by atoms with Crippen molar-refractivity contribution in [1.82, 2.24) is 4.90 Å². The van der Waals surface area contributed by atoms with Crippen LogP contribution in [0.15, 0.2) is 78.9 Å². The van der Waals surface area contributed by atoms with Crippen molar-refractivity contribution < 1.29 is 32.3 Å². The van der Waals surface area contributed by atoms with Gasteiger partial charge in [-0.2, -0.15) is 0 Å². The number of ketones is 1. The van der Waals surface area contributed by atoms with E-state index < -0.39 is 51.3 Å². The first-order valence-electron chi connectivity index (χ1n) is 11.3. The van der Waals surface area contributed by atoms with E-state index in [2.05, 4.69) is 0 Å². The Morgan fingerprint density at radius 1 is 0.865 bits per heavy atom. The smallest absolute Gasteiger partial charge is 0.330 e. The highest BCUT2D eigenvalue weighted by Gasteiger charge is 2.44. The van der Waals surface area contributed by atoms with Crippen molar-refractivity contribution in [2.45, 2.75) is 18.6 Å². The van der Waals surface area contributed by atoms with Crippen LogP contribution in [0, 0.1) is 0 Å². The molecule has 8 nitrogen and oxygen atoms in total. The second-order valence-electron chi connectivity index (χ2n) is 8.56. The molecule has 0 saturated carbocycles. The molecular formula is C27H22ClNO7S. The van der Waals surface area contributed by atoms with Crippen LogP contribution in [0.3, 0.4) is 0 Å². The van der Waals surface area contributed by atoms with Crippen LogP contribution in [0.2, 0.25) is 5.02 Å². The van der Waals surface area contributed by atoms with Gasteiger partial charge in [0.15, 0.2) is 6.10 Å². The first kappa shape index (κ1) is 26.2. The summed E-state index contributed by atoms with van der Waals surface area (Å²) in [7, 11) is -3.57. The summed E-state index contributed by atoms with van der Waals surface area (Å²) in [6, 6.07) is 18.7. The van der Waals surface area contributed by atoms with Gasteiger partial charge in [-0.25, -0.2) is 13.2 Å². The summed E-state index contributed by atoms with van der Waals surface area (Å²) in [5.41, 5.74) is 0.780. The summed E-state index contributed by atoms with van der Waals surface area (Å²) in [5.74, 6) is -3.59. The summed E-state index contributed by atoms with van der Waals surface area (Å²) >= 11 is 5.93. The molecule has 3 aromatic rings. The molecule has 2 atom stereocenters. The van der Waals surface area contributed by atoms with Crippen LogP contribution in [0.5, 0.6) is 0 Å². The van der Waals surface area contributed by atoms with Gasteiger partial charge in [0.05, 0.1) is 16.9 Å². The number of imide groups is 1. The normalized spacial score (nSPS) is 14.7. The molecule has 3 aromatic carbocycles. The van der Waals surface area contributed by atoms with E-state index in [1.165, 1.54) is 36.4 Å². The van der Waals surface area contributed by atoms with Crippen molar-refractivity contribution >= 4 is 45.0 Å². The van der Waals surface area contributed by atoms with Gasteiger partial charge in [-0.15, -0.1) is 0 Å². The number of Topliss-reactive ketones (excluding diaryl/α,β-unsaturated/α-hetero) is 1. The minimum absolute atomic E-state index is 0.0986. The number of sulfone groups is 1. The third-order valence-electron chi connectivity index (χ3n) is 5.87. The van der Waals surface area contributed by atoms with E-state index in [0.29, 0.717) is 15.5 Å². The molecule has 4 rings (SSSR count). The fraction of sp³-hybridized carbons (Fsp3) is 0.185. The van der Waals surface area contributed by atoms with E-state index in [1.807, 2.05) is 0 Å². The average molecular weight is 540 g/mol. The van der Waals surface area contributed by atoms with Crippen molar-refractivity contribution in [3.05, 3.63) is 106 Å². The standard InChI is InChI=1S/C27H22ClNO7S/c1-37(34,35)16-15-22(29-25(31)20-9-5-6-10-21(20)26(29)32)27(33)36-24(18-7-3-2-4-8-18)23(30)17-11-13-19(28)14-12-17/h2-14,22,24H,15-16H2,1H3/t22-,24-/m0/s1. The summed E-state index contributed by atoms with van der Waals surface area (Å²) in [6.45, 7) is 0. The van der Waals surface area contributed by atoms with Crippen LogP contribution in [0.4, 0.5) is 0 Å². The SMILES string of the molecule is CS(=O)(=O)CC[C@@H](C(=O)O[C@H](C(=O)c1ccc(Cl)cc1)c1ccccc1)N1C(=O)c2ccccc2C1=O. The number of amides is 2. The number of esters is 1. The number of hydrogen-bond donors (Lipinski definition) is 0. The van der Waals surface area contributed by atoms with Crippen LogP contribution in [-0.4, -0.2) is 54.9 Å². The second kappa shape index (κ2) is 10.7. The molecule has 0 fully saturated rings. The Labute approximate surface area is 218 Å². The molecule has 2 amide bonds. The lowest BCUT2D eigenvalue weighted by atomic mass is 9.99. The highest BCUT2D eigenvalue weighted by Crippen LogP contribution is 2.29. The predicted molar refractivity (Wildman–Crippen MR) is 136 cm³/mol. The molecule has 1 heterocycles. The van der Waals surface area contributed by atoms with Gasteiger partial charge in [0, 0.05) is 22.4 Å². The van der Waals surface area contributed by atoms with Gasteiger partial charge in [0.1, 0.15) is 15.9 Å². The number of ether oxygens (including phenoxy) is 1. The largest absolute Gasteiger partial charge is 0.447 e. The van der Waals surface area contributed by atoms with Crippen molar-refractivity contribution in [3.63, 3.8) is 0 Å². The quantitative estimate of drug-likeness (QED) is 0.230. The first-order valence-corrected chi connectivity index (χ1v) is 13.7. The highest BCUT2D eigenvalue weighted by atomic mass is 35.5. The van der Waals surface area contributed by atoms with Crippen LogP contribution in [0.1, 0.15) is 49.2 Å². The van der Waals surface area contributed by atoms with Crippen LogP contribution in [-0.2, 0) is 19.4 Å². The van der Waals surface area contributed by atoms with Crippen LogP contribution >= 0.6 is 11.6 Å². The minimum atomic E-state index is -3.57. The Bertz CT molecular complexity index is 1440. The summed E-state index contributed by atoms with van der Waals surface area (Å²) < 4.78 is 29.5. The monoisotopic (exact) mass is 539 g/mol. The lowest BCUT2D eigenvalue weighted by Gasteiger charge is -2.27. The number of halogens is 1. The zero-order valence-corrected chi connectivity index (χ0v) is 21.2. The Hall–Kier alpha value is -3.82. The molecule has 0 unspecified atom stereocenters. The molecule has 0 aliphatic carbocycles. The van der Waals surface area contributed by atoms with Crippen LogP contribution in [0.25, 0.3) is 0 Å². The number of benzene rings is 3. The molecule has 0 spiro atoms. The molecule has 1 aliphatic heterocycles. The molecule has 0 saturated heterocycles. The molecule has 0 N–H and O–H groups in total. The molecule has 37 heavy (non-hydrogen) atoms. The van der Waals surface area contributed by atoms with Crippen molar-refractivity contribution in [3.8, 4) is 0 Å². The number of rotatable bonds is 9. The van der Waals surface area contributed by atoms with Gasteiger partial charge < -0.3 is 4.74 Å². The van der Waals surface area contributed by atoms with E-state index >= 15 is 0 Å². The van der Waals surface area contributed by atoms with Gasteiger partial charge >= 0.3 is 5.97 Å². The summed E-state index contributed by atoms with van der Waals surface area (Å²) in [6.07, 6.45) is -0.820. The minimum Gasteiger partial charge on any atom is -0.447 e. The van der Waals surface area contributed by atoms with Crippen molar-refractivity contribution in [1.29, 1.82) is 0 Å². The molecule has 190 valence electrons. The average Bonchev–Trinajstić information content (AvgIpc) is 3.13. The van der Waals surface area contributed by atoms with Crippen molar-refractivity contribution in [2.75, 3.05) is 12.0 Å². The first-order chi connectivity index (χ1) is 17.6. The van der Waals surface area contributed by atoms with E-state index in [-0.39, 0.29) is 23.1 Å². The lowest BCUT2D eigenvalue weighted by Crippen LogP contribution is -2.47. The maximum absolute atomic E-state index is 13.5. The third kappa shape index (κ3) is 5.79. The van der Waals surface area contributed by atoms with E-state index in [0.717, 1.165) is 6.26 Å². The number of hydrogen-bond acceptors (Lipinski definition) is 7. The molecule has 10 heteroatoms. The zero-order chi connectivity index (χ0) is 26.7.